The highest BCUT2D eigenvalue weighted by molar-refractivity contribution is 5.55. The van der Waals surface area contributed by atoms with Gasteiger partial charge in [0.2, 0.25) is 0 Å². The SMILES string of the molecule is [c]1occc1-c1cc[nH]n1. The van der Waals surface area contributed by atoms with Gasteiger partial charge in [0, 0.05) is 6.20 Å². The summed E-state index contributed by atoms with van der Waals surface area (Å²) in [6, 6.07) is 3.68. The second kappa shape index (κ2) is 2.02. The van der Waals surface area contributed by atoms with E-state index >= 15 is 0 Å². The van der Waals surface area contributed by atoms with Gasteiger partial charge >= 0.3 is 0 Å². The molecule has 49 valence electrons. The van der Waals surface area contributed by atoms with E-state index in [4.69, 9.17) is 4.42 Å². The molecule has 0 atom stereocenters. The lowest BCUT2D eigenvalue weighted by Gasteiger charge is -1.81. The van der Waals surface area contributed by atoms with E-state index in [0.29, 0.717) is 0 Å². The van der Waals surface area contributed by atoms with E-state index in [1.165, 1.54) is 0 Å². The topological polar surface area (TPSA) is 41.8 Å². The highest BCUT2D eigenvalue weighted by Crippen LogP contribution is 2.14. The Morgan fingerprint density at radius 3 is 3.10 bits per heavy atom. The Kier molecular flexibility index (Phi) is 1.07. The fourth-order valence-electron chi connectivity index (χ4n) is 0.782. The molecule has 0 fully saturated rings. The molecule has 2 rings (SSSR count). The average molecular weight is 133 g/mol. The Morgan fingerprint density at radius 1 is 1.50 bits per heavy atom. The second-order valence-electron chi connectivity index (χ2n) is 1.90. The predicted molar refractivity (Wildman–Crippen MR) is 35.1 cm³/mol. The molecule has 2 aromatic heterocycles. The molecular weight excluding hydrogens is 128 g/mol. The highest BCUT2D eigenvalue weighted by atomic mass is 16.3. The van der Waals surface area contributed by atoms with Crippen molar-refractivity contribution in [3.05, 3.63) is 30.9 Å². The van der Waals surface area contributed by atoms with E-state index in [1.807, 2.05) is 12.1 Å². The smallest absolute Gasteiger partial charge is 0.179 e. The third-order valence-corrected chi connectivity index (χ3v) is 1.25. The minimum Gasteiger partial charge on any atom is -0.460 e. The summed E-state index contributed by atoms with van der Waals surface area (Å²) in [7, 11) is 0. The highest BCUT2D eigenvalue weighted by Gasteiger charge is 1.99. The molecule has 0 bridgehead atoms. The Hall–Kier alpha value is -1.51. The van der Waals surface area contributed by atoms with Crippen molar-refractivity contribution in [3.63, 3.8) is 0 Å². The number of nitrogens with zero attached hydrogens (tertiary/aromatic N) is 1. The first-order valence-corrected chi connectivity index (χ1v) is 2.92. The molecule has 0 aromatic carbocycles. The van der Waals surface area contributed by atoms with Gasteiger partial charge in [-0.3, -0.25) is 5.10 Å². The van der Waals surface area contributed by atoms with Crippen LogP contribution in [-0.2, 0) is 0 Å². The van der Waals surface area contributed by atoms with Gasteiger partial charge < -0.3 is 4.42 Å². The number of rotatable bonds is 1. The molecule has 2 heterocycles. The molecule has 0 amide bonds. The monoisotopic (exact) mass is 133 g/mol. The van der Waals surface area contributed by atoms with Gasteiger partial charge in [-0.2, -0.15) is 5.10 Å². The molecule has 0 aliphatic heterocycles. The van der Waals surface area contributed by atoms with Crippen molar-refractivity contribution in [2.75, 3.05) is 0 Å². The van der Waals surface area contributed by atoms with Gasteiger partial charge in [-0.1, -0.05) is 0 Å². The molecule has 1 N–H and O–H groups in total. The number of H-pyrrole nitrogens is 1. The zero-order valence-corrected chi connectivity index (χ0v) is 5.16. The molecule has 0 saturated carbocycles. The summed E-state index contributed by atoms with van der Waals surface area (Å²) in [4.78, 5) is 0. The third kappa shape index (κ3) is 0.719. The Balaban J connectivity index is 2.48. The summed E-state index contributed by atoms with van der Waals surface area (Å²) < 4.78 is 4.76. The van der Waals surface area contributed by atoms with Crippen molar-refractivity contribution in [2.24, 2.45) is 0 Å². The summed E-state index contributed by atoms with van der Waals surface area (Å²) >= 11 is 0. The van der Waals surface area contributed by atoms with Gasteiger partial charge in [0.25, 0.3) is 0 Å². The largest absolute Gasteiger partial charge is 0.460 e. The minimum absolute atomic E-state index is 0.855. The number of aromatic amines is 1. The molecule has 2 aromatic rings. The van der Waals surface area contributed by atoms with Crippen molar-refractivity contribution in [1.29, 1.82) is 0 Å². The van der Waals surface area contributed by atoms with Crippen LogP contribution in [0.5, 0.6) is 0 Å². The first kappa shape index (κ1) is 5.29. The van der Waals surface area contributed by atoms with Crippen LogP contribution in [0.1, 0.15) is 0 Å². The van der Waals surface area contributed by atoms with Crippen LogP contribution in [-0.4, -0.2) is 10.2 Å². The van der Waals surface area contributed by atoms with E-state index in [1.54, 1.807) is 12.5 Å². The molecule has 1 radical (unpaired) electrons. The Morgan fingerprint density at radius 2 is 2.50 bits per heavy atom. The maximum absolute atomic E-state index is 4.76. The number of nitrogens with one attached hydrogen (secondary N) is 1. The summed E-state index contributed by atoms with van der Waals surface area (Å²) in [6.07, 6.45) is 6.02. The molecule has 10 heavy (non-hydrogen) atoms. The van der Waals surface area contributed by atoms with Gasteiger partial charge in [0.15, 0.2) is 6.26 Å². The first-order valence-electron chi connectivity index (χ1n) is 2.92. The number of furan rings is 1. The molecule has 3 heteroatoms. The van der Waals surface area contributed by atoms with E-state index < -0.39 is 0 Å². The van der Waals surface area contributed by atoms with Gasteiger partial charge in [-0.25, -0.2) is 0 Å². The lowest BCUT2D eigenvalue weighted by atomic mass is 10.2. The van der Waals surface area contributed by atoms with Gasteiger partial charge in [0.05, 0.1) is 17.5 Å². The molecule has 3 nitrogen and oxygen atoms in total. The van der Waals surface area contributed by atoms with Crippen molar-refractivity contribution in [3.8, 4) is 11.3 Å². The Bertz CT molecular complexity index is 251. The maximum Gasteiger partial charge on any atom is 0.179 e. The second-order valence-corrected chi connectivity index (χ2v) is 1.90. The average Bonchev–Trinajstić information content (AvgIpc) is 2.59. The maximum atomic E-state index is 4.76. The predicted octanol–water partition coefficient (Wildman–Crippen LogP) is 1.47. The molecular formula is C7H5N2O. The third-order valence-electron chi connectivity index (χ3n) is 1.25. The first-order chi connectivity index (χ1) is 4.97. The summed E-state index contributed by atoms with van der Waals surface area (Å²) in [5, 5.41) is 6.65. The number of hydrogen-bond donors (Lipinski definition) is 1. The van der Waals surface area contributed by atoms with Crippen LogP contribution in [0.4, 0.5) is 0 Å². The zero-order chi connectivity index (χ0) is 6.81. The summed E-state index contributed by atoms with van der Waals surface area (Å²) in [5.74, 6) is 0. The molecule has 0 unspecified atom stereocenters. The fourth-order valence-corrected chi connectivity index (χ4v) is 0.782. The molecule has 0 saturated heterocycles. The lowest BCUT2D eigenvalue weighted by Crippen LogP contribution is -1.71. The minimum atomic E-state index is 0.855. The van der Waals surface area contributed by atoms with Crippen LogP contribution in [0.25, 0.3) is 11.3 Å². The van der Waals surface area contributed by atoms with Crippen LogP contribution in [0.2, 0.25) is 0 Å². The van der Waals surface area contributed by atoms with Crippen LogP contribution >= 0.6 is 0 Å². The van der Waals surface area contributed by atoms with Crippen molar-refractivity contribution in [1.82, 2.24) is 10.2 Å². The van der Waals surface area contributed by atoms with Gasteiger partial charge in [-0.15, -0.1) is 0 Å². The number of hydrogen-bond acceptors (Lipinski definition) is 2. The Labute approximate surface area is 57.7 Å². The van der Waals surface area contributed by atoms with E-state index in [-0.39, 0.29) is 0 Å². The fraction of sp³-hybridized carbons (Fsp3) is 0. The number of aromatic nitrogens is 2. The van der Waals surface area contributed by atoms with E-state index in [2.05, 4.69) is 16.5 Å². The summed E-state index contributed by atoms with van der Waals surface area (Å²) in [6.45, 7) is 0. The summed E-state index contributed by atoms with van der Waals surface area (Å²) in [5.41, 5.74) is 1.73. The van der Waals surface area contributed by atoms with E-state index in [9.17, 15) is 0 Å². The molecule has 0 aliphatic rings. The van der Waals surface area contributed by atoms with Crippen LogP contribution in [0.3, 0.4) is 0 Å². The van der Waals surface area contributed by atoms with Crippen molar-refractivity contribution < 1.29 is 4.42 Å². The zero-order valence-electron chi connectivity index (χ0n) is 5.16. The van der Waals surface area contributed by atoms with Crippen LogP contribution in [0.15, 0.2) is 29.0 Å². The van der Waals surface area contributed by atoms with Crippen molar-refractivity contribution >= 4 is 0 Å². The van der Waals surface area contributed by atoms with Gasteiger partial charge in [0.1, 0.15) is 0 Å². The molecule has 0 aliphatic carbocycles. The quantitative estimate of drug-likeness (QED) is 0.640. The van der Waals surface area contributed by atoms with Crippen LogP contribution < -0.4 is 0 Å². The van der Waals surface area contributed by atoms with Crippen LogP contribution in [0, 0.1) is 6.26 Å². The standard InChI is InChI=1S/C7H5N2O/c1-3-8-9-7(1)6-2-4-10-5-6/h1-4H,(H,8,9). The normalized spacial score (nSPS) is 10.0. The van der Waals surface area contributed by atoms with Crippen molar-refractivity contribution in [2.45, 2.75) is 0 Å². The van der Waals surface area contributed by atoms with Gasteiger partial charge in [-0.05, 0) is 12.1 Å². The molecule has 0 spiro atoms. The van der Waals surface area contributed by atoms with E-state index in [0.717, 1.165) is 11.3 Å². The lowest BCUT2D eigenvalue weighted by molar-refractivity contribution is 0.559.